The molecule has 1 N–H and O–H groups in total. The number of aryl methyl sites for hydroxylation is 1. The third-order valence-electron chi connectivity index (χ3n) is 3.92. The number of rotatable bonds is 3. The maximum atomic E-state index is 4.92. The molecule has 2 aromatic rings. The van der Waals surface area contributed by atoms with E-state index in [2.05, 4.69) is 46.3 Å². The zero-order valence-electron chi connectivity index (χ0n) is 11.7. The number of halogens is 1. The number of anilines is 1. The van der Waals surface area contributed by atoms with E-state index < -0.39 is 0 Å². The molecular weight excluding hydrogens is 381 g/mol. The molecule has 0 aromatic carbocycles. The van der Waals surface area contributed by atoms with Crippen molar-refractivity contribution in [3.63, 3.8) is 0 Å². The van der Waals surface area contributed by atoms with E-state index in [9.17, 15) is 0 Å². The molecule has 0 saturated heterocycles. The van der Waals surface area contributed by atoms with Gasteiger partial charge in [-0.1, -0.05) is 12.8 Å². The van der Waals surface area contributed by atoms with Gasteiger partial charge in [-0.15, -0.1) is 11.3 Å². The molecule has 2 heterocycles. The van der Waals surface area contributed by atoms with Gasteiger partial charge in [0.15, 0.2) is 5.82 Å². The van der Waals surface area contributed by atoms with E-state index in [4.69, 9.17) is 9.97 Å². The summed E-state index contributed by atoms with van der Waals surface area (Å²) in [5, 5.41) is 5.34. The van der Waals surface area contributed by atoms with Crippen LogP contribution < -0.4 is 5.32 Å². The smallest absolute Gasteiger partial charge is 0.172 e. The molecule has 3 nitrogen and oxygen atoms in total. The SMILES string of the molecule is CNc1nc(-c2sccc2C)nc(C2CCCC2)c1I. The zero-order valence-corrected chi connectivity index (χ0v) is 14.7. The zero-order chi connectivity index (χ0) is 14.1. The van der Waals surface area contributed by atoms with Crippen molar-refractivity contribution < 1.29 is 0 Å². The van der Waals surface area contributed by atoms with E-state index in [-0.39, 0.29) is 0 Å². The van der Waals surface area contributed by atoms with Crippen LogP contribution in [-0.2, 0) is 0 Å². The number of hydrogen-bond acceptors (Lipinski definition) is 4. The average Bonchev–Trinajstić information content (AvgIpc) is 3.10. The highest BCUT2D eigenvalue weighted by Crippen LogP contribution is 2.38. The van der Waals surface area contributed by atoms with E-state index in [0.29, 0.717) is 5.92 Å². The van der Waals surface area contributed by atoms with Gasteiger partial charge >= 0.3 is 0 Å². The van der Waals surface area contributed by atoms with Crippen molar-refractivity contribution in [2.24, 2.45) is 0 Å². The quantitative estimate of drug-likeness (QED) is 0.753. The molecular formula is C15H18IN3S. The first-order valence-corrected chi connectivity index (χ1v) is 8.96. The lowest BCUT2D eigenvalue weighted by Gasteiger charge is -2.15. The number of nitrogens with one attached hydrogen (secondary N) is 1. The number of aromatic nitrogens is 2. The lowest BCUT2D eigenvalue weighted by atomic mass is 10.0. The van der Waals surface area contributed by atoms with E-state index >= 15 is 0 Å². The van der Waals surface area contributed by atoms with Gasteiger partial charge in [-0.3, -0.25) is 0 Å². The standard InChI is InChI=1S/C15H18IN3S/c1-9-7-8-20-13(9)15-18-12(10-5-3-4-6-10)11(16)14(17-2)19-15/h7-8,10H,3-6H2,1-2H3,(H,17,18,19). The molecule has 0 aliphatic heterocycles. The number of nitrogens with zero attached hydrogens (tertiary/aromatic N) is 2. The topological polar surface area (TPSA) is 37.8 Å². The van der Waals surface area contributed by atoms with Crippen LogP contribution in [0.2, 0.25) is 0 Å². The Labute approximate surface area is 137 Å². The van der Waals surface area contributed by atoms with Crippen LogP contribution in [0, 0.1) is 10.5 Å². The Kier molecular flexibility index (Phi) is 4.26. The fourth-order valence-electron chi connectivity index (χ4n) is 2.80. The van der Waals surface area contributed by atoms with Gasteiger partial charge in [-0.25, -0.2) is 9.97 Å². The van der Waals surface area contributed by atoms with Crippen molar-refractivity contribution in [3.8, 4) is 10.7 Å². The Bertz CT molecular complexity index is 618. The Morgan fingerprint density at radius 3 is 2.65 bits per heavy atom. The molecule has 0 amide bonds. The molecule has 0 atom stereocenters. The molecule has 1 aliphatic rings. The van der Waals surface area contributed by atoms with Gasteiger partial charge < -0.3 is 5.32 Å². The Hall–Kier alpha value is -0.690. The lowest BCUT2D eigenvalue weighted by molar-refractivity contribution is 0.691. The van der Waals surface area contributed by atoms with Crippen molar-refractivity contribution >= 4 is 39.7 Å². The minimum absolute atomic E-state index is 0.607. The molecule has 1 aliphatic carbocycles. The van der Waals surface area contributed by atoms with Crippen molar-refractivity contribution in [1.82, 2.24) is 9.97 Å². The second-order valence-corrected chi connectivity index (χ2v) is 7.25. The summed E-state index contributed by atoms with van der Waals surface area (Å²) < 4.78 is 1.19. The van der Waals surface area contributed by atoms with Crippen LogP contribution in [0.4, 0.5) is 5.82 Å². The number of hydrogen-bond donors (Lipinski definition) is 1. The van der Waals surface area contributed by atoms with E-state index in [0.717, 1.165) is 11.6 Å². The predicted molar refractivity (Wildman–Crippen MR) is 93.6 cm³/mol. The van der Waals surface area contributed by atoms with E-state index in [1.807, 2.05) is 7.05 Å². The van der Waals surface area contributed by atoms with Crippen LogP contribution in [0.1, 0.15) is 42.9 Å². The molecule has 1 saturated carbocycles. The summed E-state index contributed by atoms with van der Waals surface area (Å²) in [5.41, 5.74) is 2.50. The maximum absolute atomic E-state index is 4.92. The molecule has 106 valence electrons. The van der Waals surface area contributed by atoms with Crippen molar-refractivity contribution in [2.75, 3.05) is 12.4 Å². The second-order valence-electron chi connectivity index (χ2n) is 5.26. The van der Waals surface area contributed by atoms with Crippen LogP contribution in [0.3, 0.4) is 0 Å². The highest BCUT2D eigenvalue weighted by molar-refractivity contribution is 14.1. The highest BCUT2D eigenvalue weighted by atomic mass is 127. The summed E-state index contributed by atoms with van der Waals surface area (Å²) in [4.78, 5) is 10.8. The summed E-state index contributed by atoms with van der Waals surface area (Å²) >= 11 is 4.11. The van der Waals surface area contributed by atoms with Crippen molar-refractivity contribution in [3.05, 3.63) is 26.3 Å². The Morgan fingerprint density at radius 2 is 2.05 bits per heavy atom. The lowest BCUT2D eigenvalue weighted by Crippen LogP contribution is -2.08. The molecule has 0 bridgehead atoms. The minimum atomic E-state index is 0.607. The van der Waals surface area contributed by atoms with Crippen LogP contribution >= 0.6 is 33.9 Å². The Balaban J connectivity index is 2.12. The summed E-state index contributed by atoms with van der Waals surface area (Å²) in [6.45, 7) is 2.13. The van der Waals surface area contributed by atoms with Crippen molar-refractivity contribution in [1.29, 1.82) is 0 Å². The fourth-order valence-corrected chi connectivity index (χ4v) is 4.61. The summed E-state index contributed by atoms with van der Waals surface area (Å²) in [6, 6.07) is 2.13. The predicted octanol–water partition coefficient (Wildman–Crippen LogP) is 4.82. The second kappa shape index (κ2) is 5.97. The normalized spacial score (nSPS) is 15.8. The van der Waals surface area contributed by atoms with Gasteiger partial charge in [0, 0.05) is 13.0 Å². The van der Waals surface area contributed by atoms with E-state index in [1.54, 1.807) is 11.3 Å². The monoisotopic (exact) mass is 399 g/mol. The largest absolute Gasteiger partial charge is 0.372 e. The van der Waals surface area contributed by atoms with Gasteiger partial charge in [-0.05, 0) is 59.4 Å². The summed E-state index contributed by atoms with van der Waals surface area (Å²) in [5.74, 6) is 2.45. The summed E-state index contributed by atoms with van der Waals surface area (Å²) in [7, 11) is 1.94. The van der Waals surface area contributed by atoms with Crippen LogP contribution in [0.25, 0.3) is 10.7 Å². The van der Waals surface area contributed by atoms with Gasteiger partial charge in [0.05, 0.1) is 14.1 Å². The molecule has 0 spiro atoms. The van der Waals surface area contributed by atoms with E-state index in [1.165, 1.54) is 45.4 Å². The van der Waals surface area contributed by atoms with Crippen molar-refractivity contribution in [2.45, 2.75) is 38.5 Å². The van der Waals surface area contributed by atoms with Gasteiger partial charge in [-0.2, -0.15) is 0 Å². The van der Waals surface area contributed by atoms with Gasteiger partial charge in [0.2, 0.25) is 0 Å². The third kappa shape index (κ3) is 2.57. The molecule has 0 radical (unpaired) electrons. The van der Waals surface area contributed by atoms with Crippen LogP contribution in [0.5, 0.6) is 0 Å². The fraction of sp³-hybridized carbons (Fsp3) is 0.467. The average molecular weight is 399 g/mol. The van der Waals surface area contributed by atoms with Gasteiger partial charge in [0.1, 0.15) is 5.82 Å². The highest BCUT2D eigenvalue weighted by Gasteiger charge is 2.24. The number of thiophene rings is 1. The molecule has 3 rings (SSSR count). The molecule has 2 aromatic heterocycles. The van der Waals surface area contributed by atoms with Crippen LogP contribution in [-0.4, -0.2) is 17.0 Å². The first-order chi connectivity index (χ1) is 9.70. The molecule has 5 heteroatoms. The summed E-state index contributed by atoms with van der Waals surface area (Å²) in [6.07, 6.45) is 5.18. The first-order valence-electron chi connectivity index (χ1n) is 7.00. The molecule has 1 fully saturated rings. The van der Waals surface area contributed by atoms with Gasteiger partial charge in [0.25, 0.3) is 0 Å². The first kappa shape index (κ1) is 14.3. The molecule has 0 unspecified atom stereocenters. The minimum Gasteiger partial charge on any atom is -0.372 e. The third-order valence-corrected chi connectivity index (χ3v) is 6.00. The molecule has 20 heavy (non-hydrogen) atoms. The van der Waals surface area contributed by atoms with Crippen LogP contribution in [0.15, 0.2) is 11.4 Å². The maximum Gasteiger partial charge on any atom is 0.172 e. The Morgan fingerprint density at radius 1 is 1.30 bits per heavy atom.